The van der Waals surface area contributed by atoms with Crippen molar-refractivity contribution in [2.24, 2.45) is 0 Å². The standard InChI is InChI=1S/C16H34O4S.Mg.H2O.2H/c1-2-3-4-5-6-7-8-9-10-11-12-13-14-15-16-20-21(17,18)19;;;;/h2-16H2,1H3,(H,17,18,19);;1H2;;. The SMILES string of the molecule is CCCCCCCCCCCCCCCCOS(=O)(=O)O.O.[MgH2]. The van der Waals surface area contributed by atoms with E-state index in [2.05, 4.69) is 11.1 Å². The van der Waals surface area contributed by atoms with Crippen LogP contribution in [0, 0.1) is 0 Å². The molecule has 0 radical (unpaired) electrons. The van der Waals surface area contributed by atoms with Gasteiger partial charge in [0, 0.05) is 0 Å². The Balaban J connectivity index is -0.00000200. The van der Waals surface area contributed by atoms with Crippen LogP contribution in [0.5, 0.6) is 0 Å². The van der Waals surface area contributed by atoms with E-state index in [1.165, 1.54) is 70.6 Å². The Morgan fingerprint density at radius 2 is 1.00 bits per heavy atom. The smallest absolute Gasteiger partial charge is 0.397 e. The Morgan fingerprint density at radius 3 is 1.30 bits per heavy atom. The average Bonchev–Trinajstić information content (AvgIpc) is 2.42. The van der Waals surface area contributed by atoms with Crippen LogP contribution in [0.1, 0.15) is 96.8 Å². The van der Waals surface area contributed by atoms with Crippen LogP contribution in [0.2, 0.25) is 0 Å². The van der Waals surface area contributed by atoms with E-state index in [-0.39, 0.29) is 35.1 Å². The minimum Gasteiger partial charge on any atom is -0.412 e. The van der Waals surface area contributed by atoms with Crippen molar-refractivity contribution in [3.05, 3.63) is 0 Å². The molecule has 0 aromatic rings. The molecular formula is C16H38MgO5S. The Labute approximate surface area is 159 Å². The molecule has 0 bridgehead atoms. The summed E-state index contributed by atoms with van der Waals surface area (Å²) in [5.41, 5.74) is 0. The first kappa shape index (κ1) is 28.4. The monoisotopic (exact) mass is 366 g/mol. The summed E-state index contributed by atoms with van der Waals surface area (Å²) in [5.74, 6) is 0. The van der Waals surface area contributed by atoms with Gasteiger partial charge in [-0.25, -0.2) is 4.18 Å². The maximum absolute atomic E-state index is 10.3. The molecule has 7 heteroatoms. The topological polar surface area (TPSA) is 95.1 Å². The zero-order valence-corrected chi connectivity index (χ0v) is 15.0. The molecule has 0 aliphatic heterocycles. The minimum atomic E-state index is -4.24. The normalized spacial score (nSPS) is 10.9. The summed E-state index contributed by atoms with van der Waals surface area (Å²) in [6.07, 6.45) is 17.6. The second kappa shape index (κ2) is 20.6. The fourth-order valence-electron chi connectivity index (χ4n) is 2.46. The molecular weight excluding hydrogens is 329 g/mol. The summed E-state index contributed by atoms with van der Waals surface area (Å²) in [4.78, 5) is 0. The fourth-order valence-corrected chi connectivity index (χ4v) is 2.79. The highest BCUT2D eigenvalue weighted by Crippen LogP contribution is 2.12. The van der Waals surface area contributed by atoms with Crippen molar-refractivity contribution < 1.29 is 22.6 Å². The maximum atomic E-state index is 10.3. The van der Waals surface area contributed by atoms with Gasteiger partial charge in [-0.05, 0) is 6.42 Å². The number of hydrogen-bond donors (Lipinski definition) is 1. The van der Waals surface area contributed by atoms with Crippen molar-refractivity contribution >= 4 is 33.5 Å². The summed E-state index contributed by atoms with van der Waals surface area (Å²) in [5, 5.41) is 0. The predicted octanol–water partition coefficient (Wildman–Crippen LogP) is 3.55. The number of hydrogen-bond acceptors (Lipinski definition) is 3. The van der Waals surface area contributed by atoms with Gasteiger partial charge < -0.3 is 5.48 Å². The van der Waals surface area contributed by atoms with Gasteiger partial charge in [0.1, 0.15) is 0 Å². The lowest BCUT2D eigenvalue weighted by Crippen LogP contribution is -2.04. The minimum absolute atomic E-state index is 0. The van der Waals surface area contributed by atoms with Gasteiger partial charge >= 0.3 is 33.5 Å². The highest BCUT2D eigenvalue weighted by Gasteiger charge is 2.02. The molecule has 0 aromatic carbocycles. The lowest BCUT2D eigenvalue weighted by atomic mass is 10.0. The lowest BCUT2D eigenvalue weighted by molar-refractivity contribution is 0.261. The van der Waals surface area contributed by atoms with Gasteiger partial charge in [-0.3, -0.25) is 4.55 Å². The van der Waals surface area contributed by atoms with E-state index in [1.54, 1.807) is 0 Å². The second-order valence-electron chi connectivity index (χ2n) is 5.85. The zero-order valence-electron chi connectivity index (χ0n) is 14.2. The first-order valence-electron chi connectivity index (χ1n) is 8.68. The molecule has 0 aromatic heterocycles. The third-order valence-electron chi connectivity index (χ3n) is 3.73. The van der Waals surface area contributed by atoms with E-state index in [0.717, 1.165) is 12.8 Å². The molecule has 0 aliphatic rings. The average molecular weight is 367 g/mol. The van der Waals surface area contributed by atoms with E-state index in [1.807, 2.05) is 0 Å². The Bertz CT molecular complexity index is 310. The van der Waals surface area contributed by atoms with Crippen LogP contribution in [0.15, 0.2) is 0 Å². The summed E-state index contributed by atoms with van der Waals surface area (Å²) >= 11 is 0. The van der Waals surface area contributed by atoms with Crippen LogP contribution in [0.25, 0.3) is 0 Å². The largest absolute Gasteiger partial charge is 0.412 e. The van der Waals surface area contributed by atoms with Crippen LogP contribution >= 0.6 is 0 Å². The Hall–Kier alpha value is 0.596. The number of unbranched alkanes of at least 4 members (excludes halogenated alkanes) is 13. The van der Waals surface area contributed by atoms with Gasteiger partial charge in [-0.2, -0.15) is 8.42 Å². The maximum Gasteiger partial charge on any atom is 0.397 e. The summed E-state index contributed by atoms with van der Waals surface area (Å²) in [6, 6.07) is 0. The van der Waals surface area contributed by atoms with Crippen molar-refractivity contribution in [1.29, 1.82) is 0 Å². The van der Waals surface area contributed by atoms with Crippen molar-refractivity contribution in [3.63, 3.8) is 0 Å². The molecule has 0 amide bonds. The Morgan fingerprint density at radius 1 is 0.696 bits per heavy atom. The molecule has 0 fully saturated rings. The highest BCUT2D eigenvalue weighted by atomic mass is 32.3. The van der Waals surface area contributed by atoms with E-state index < -0.39 is 10.4 Å². The lowest BCUT2D eigenvalue weighted by Gasteiger charge is -2.03. The van der Waals surface area contributed by atoms with Crippen molar-refractivity contribution in [2.75, 3.05) is 6.61 Å². The van der Waals surface area contributed by atoms with Crippen molar-refractivity contribution in [1.82, 2.24) is 0 Å². The molecule has 140 valence electrons. The van der Waals surface area contributed by atoms with E-state index >= 15 is 0 Å². The van der Waals surface area contributed by atoms with Crippen molar-refractivity contribution in [2.45, 2.75) is 96.8 Å². The van der Waals surface area contributed by atoms with Crippen LogP contribution in [0.3, 0.4) is 0 Å². The Kier molecular flexibility index (Phi) is 25.5. The second-order valence-corrected chi connectivity index (χ2v) is 6.94. The van der Waals surface area contributed by atoms with Crippen LogP contribution in [0.4, 0.5) is 0 Å². The third-order valence-corrected chi connectivity index (χ3v) is 4.19. The fraction of sp³-hybridized carbons (Fsp3) is 1.00. The van der Waals surface area contributed by atoms with Gasteiger partial charge in [0.05, 0.1) is 6.61 Å². The molecule has 0 unspecified atom stereocenters. The molecule has 0 spiro atoms. The quantitative estimate of drug-likeness (QED) is 0.257. The summed E-state index contributed by atoms with van der Waals surface area (Å²) in [7, 11) is -4.24. The number of rotatable bonds is 16. The molecule has 0 aliphatic carbocycles. The molecule has 3 N–H and O–H groups in total. The van der Waals surface area contributed by atoms with Crippen LogP contribution < -0.4 is 0 Å². The van der Waals surface area contributed by atoms with Gasteiger partial charge in [-0.1, -0.05) is 90.4 Å². The van der Waals surface area contributed by atoms with Gasteiger partial charge in [-0.15, -0.1) is 0 Å². The molecule has 0 saturated carbocycles. The summed E-state index contributed by atoms with van der Waals surface area (Å²) in [6.45, 7) is 2.35. The molecule has 0 rings (SSSR count). The predicted molar refractivity (Wildman–Crippen MR) is 100.0 cm³/mol. The van der Waals surface area contributed by atoms with Gasteiger partial charge in [0.2, 0.25) is 0 Å². The first-order valence-corrected chi connectivity index (χ1v) is 10.0. The van der Waals surface area contributed by atoms with E-state index in [9.17, 15) is 8.42 Å². The first-order chi connectivity index (χ1) is 10.1. The third kappa shape index (κ3) is 27.7. The van der Waals surface area contributed by atoms with Crippen LogP contribution in [-0.2, 0) is 14.6 Å². The molecule has 5 nitrogen and oxygen atoms in total. The zero-order chi connectivity index (χ0) is 15.8. The van der Waals surface area contributed by atoms with Gasteiger partial charge in [0.25, 0.3) is 0 Å². The molecule has 0 heterocycles. The summed E-state index contributed by atoms with van der Waals surface area (Å²) < 4.78 is 33.2. The molecule has 0 saturated heterocycles. The van der Waals surface area contributed by atoms with Crippen LogP contribution in [-0.4, -0.2) is 48.1 Å². The van der Waals surface area contributed by atoms with E-state index in [4.69, 9.17) is 4.55 Å². The molecule has 0 atom stereocenters. The molecule has 23 heavy (non-hydrogen) atoms. The van der Waals surface area contributed by atoms with E-state index in [0.29, 0.717) is 6.42 Å². The van der Waals surface area contributed by atoms with Crippen molar-refractivity contribution in [3.8, 4) is 0 Å². The highest BCUT2D eigenvalue weighted by molar-refractivity contribution is 7.80. The van der Waals surface area contributed by atoms with Gasteiger partial charge in [0.15, 0.2) is 0 Å².